The second-order valence-corrected chi connectivity index (χ2v) is 11.5. The van der Waals surface area contributed by atoms with E-state index in [1.54, 1.807) is 49.9 Å². The number of carboxylic acid groups (broad SMARTS) is 1. The van der Waals surface area contributed by atoms with Gasteiger partial charge in [0.05, 0.1) is 35.1 Å². The Bertz CT molecular complexity index is 1500. The summed E-state index contributed by atoms with van der Waals surface area (Å²) < 4.78 is 10.9. The summed E-state index contributed by atoms with van der Waals surface area (Å²) in [6.45, 7) is 10.3. The van der Waals surface area contributed by atoms with Crippen LogP contribution in [0.5, 0.6) is 5.75 Å². The first kappa shape index (κ1) is 36.7. The molecular weight excluding hydrogens is 608 g/mol. The van der Waals surface area contributed by atoms with Crippen LogP contribution in [0.25, 0.3) is 5.57 Å². The van der Waals surface area contributed by atoms with E-state index in [0.717, 1.165) is 5.56 Å². The number of esters is 1. The molecular formula is C34H44N4O9. The lowest BCUT2D eigenvalue weighted by Crippen LogP contribution is -2.42. The Labute approximate surface area is 274 Å². The normalized spacial score (nSPS) is 15.5. The molecule has 4 N–H and O–H groups in total. The fourth-order valence-corrected chi connectivity index (χ4v) is 5.35. The van der Waals surface area contributed by atoms with Gasteiger partial charge in [0.2, 0.25) is 5.91 Å². The standard InChI is InChI=1S/C34H44N4O9/c1-6-46-34(43)31-23(5)37(22(4)30(33(41)42)32(31)25-9-7-10-26(18-25)38(44)45)16-8-15-35-29(40)17-24-11-13-28(14-12-24)47-20-27(39)19-36-21(2)3/h7,9-14,18,21,23,27,36,39H,6,8,15-17,19-20H2,1-5H3,(H,35,40)(H,41,42). The van der Waals surface area contributed by atoms with E-state index in [0.29, 0.717) is 37.5 Å². The minimum absolute atomic E-state index is 0.0590. The molecule has 0 aliphatic carbocycles. The van der Waals surface area contributed by atoms with Crippen molar-refractivity contribution in [2.45, 2.75) is 65.6 Å². The maximum atomic E-state index is 13.2. The third kappa shape index (κ3) is 10.1. The van der Waals surface area contributed by atoms with Crippen LogP contribution in [-0.2, 0) is 25.5 Å². The minimum Gasteiger partial charge on any atom is -0.491 e. The Morgan fingerprint density at radius 1 is 1.13 bits per heavy atom. The zero-order valence-electron chi connectivity index (χ0n) is 27.4. The van der Waals surface area contributed by atoms with E-state index in [-0.39, 0.29) is 59.6 Å². The van der Waals surface area contributed by atoms with Gasteiger partial charge in [-0.15, -0.1) is 0 Å². The van der Waals surface area contributed by atoms with Gasteiger partial charge in [-0.3, -0.25) is 14.9 Å². The van der Waals surface area contributed by atoms with Crippen LogP contribution < -0.4 is 15.4 Å². The molecule has 1 aliphatic rings. The number of rotatable bonds is 17. The number of aliphatic hydroxyl groups excluding tert-OH is 1. The van der Waals surface area contributed by atoms with E-state index < -0.39 is 29.0 Å². The van der Waals surface area contributed by atoms with Crippen LogP contribution >= 0.6 is 0 Å². The van der Waals surface area contributed by atoms with Gasteiger partial charge in [0.1, 0.15) is 18.5 Å². The first-order valence-corrected chi connectivity index (χ1v) is 15.6. The van der Waals surface area contributed by atoms with E-state index in [4.69, 9.17) is 9.47 Å². The van der Waals surface area contributed by atoms with Crippen LogP contribution in [0.4, 0.5) is 5.69 Å². The van der Waals surface area contributed by atoms with Crippen molar-refractivity contribution in [3.8, 4) is 5.75 Å². The van der Waals surface area contributed by atoms with E-state index >= 15 is 0 Å². The van der Waals surface area contributed by atoms with E-state index in [1.807, 2.05) is 13.8 Å². The Balaban J connectivity index is 1.65. The molecule has 2 unspecified atom stereocenters. The number of nitrogens with one attached hydrogen (secondary N) is 2. The van der Waals surface area contributed by atoms with Gasteiger partial charge in [0.25, 0.3) is 5.69 Å². The number of aliphatic carboxylic acids is 1. The first-order valence-electron chi connectivity index (χ1n) is 15.6. The summed E-state index contributed by atoms with van der Waals surface area (Å²) in [6.07, 6.45) is -0.0526. The number of carbonyl (C=O) groups excluding carboxylic acids is 2. The predicted octanol–water partition coefficient (Wildman–Crippen LogP) is 3.46. The Morgan fingerprint density at radius 2 is 1.83 bits per heavy atom. The molecule has 0 spiro atoms. The van der Waals surface area contributed by atoms with Gasteiger partial charge in [-0.2, -0.15) is 0 Å². The molecule has 2 atom stereocenters. The van der Waals surface area contributed by atoms with Crippen LogP contribution in [0, 0.1) is 10.1 Å². The van der Waals surface area contributed by atoms with Crippen LogP contribution in [-0.4, -0.2) is 88.9 Å². The monoisotopic (exact) mass is 652 g/mol. The van der Waals surface area contributed by atoms with Crippen molar-refractivity contribution in [3.63, 3.8) is 0 Å². The fourth-order valence-electron chi connectivity index (χ4n) is 5.35. The number of carbonyl (C=O) groups is 3. The first-order chi connectivity index (χ1) is 22.3. The second kappa shape index (κ2) is 17.2. The number of hydrogen-bond donors (Lipinski definition) is 4. The minimum atomic E-state index is -1.29. The number of nitro benzene ring substituents is 1. The number of benzene rings is 2. The van der Waals surface area contributed by atoms with Crippen molar-refractivity contribution in [2.75, 3.05) is 32.8 Å². The topological polar surface area (TPSA) is 181 Å². The summed E-state index contributed by atoms with van der Waals surface area (Å²) in [5.74, 6) is -1.60. The number of non-ortho nitro benzene ring substituents is 1. The molecule has 1 aliphatic heterocycles. The molecule has 0 radical (unpaired) electrons. The van der Waals surface area contributed by atoms with E-state index in [9.17, 15) is 34.7 Å². The van der Waals surface area contributed by atoms with Gasteiger partial charge in [-0.25, -0.2) is 9.59 Å². The summed E-state index contributed by atoms with van der Waals surface area (Å²) in [4.78, 5) is 51.1. The van der Waals surface area contributed by atoms with Crippen molar-refractivity contribution in [1.29, 1.82) is 0 Å². The fraction of sp³-hybridized carbons (Fsp3) is 0.441. The SMILES string of the molecule is CCOC(=O)C1=C(c2cccc([N+](=O)[O-])c2)C(C(=O)O)=C(C)N(CCCNC(=O)Cc2ccc(OCC(O)CNC(C)C)cc2)C1C. The molecule has 2 aromatic rings. The van der Waals surface area contributed by atoms with Gasteiger partial charge in [0, 0.05) is 49.1 Å². The molecule has 3 rings (SSSR count). The molecule has 0 aromatic heterocycles. The maximum absolute atomic E-state index is 13.2. The van der Waals surface area contributed by atoms with Crippen molar-refractivity contribution in [2.24, 2.45) is 0 Å². The molecule has 0 bridgehead atoms. The Kier molecular flexibility index (Phi) is 13.5. The number of carboxylic acids is 1. The Hall–Kier alpha value is -4.75. The summed E-state index contributed by atoms with van der Waals surface area (Å²) >= 11 is 0. The van der Waals surface area contributed by atoms with Gasteiger partial charge < -0.3 is 35.2 Å². The second-order valence-electron chi connectivity index (χ2n) is 11.5. The zero-order valence-corrected chi connectivity index (χ0v) is 27.4. The summed E-state index contributed by atoms with van der Waals surface area (Å²) in [7, 11) is 0. The molecule has 0 saturated heterocycles. The van der Waals surface area contributed by atoms with Gasteiger partial charge in [0.15, 0.2) is 0 Å². The molecule has 47 heavy (non-hydrogen) atoms. The lowest BCUT2D eigenvalue weighted by atomic mass is 9.84. The van der Waals surface area contributed by atoms with Crippen molar-refractivity contribution < 1.29 is 39.0 Å². The highest BCUT2D eigenvalue weighted by Crippen LogP contribution is 2.39. The highest BCUT2D eigenvalue weighted by molar-refractivity contribution is 6.14. The molecule has 0 fully saturated rings. The number of nitro groups is 1. The summed E-state index contributed by atoms with van der Waals surface area (Å²) in [5.41, 5.74) is 1.19. The summed E-state index contributed by atoms with van der Waals surface area (Å²) in [6, 6.07) is 12.2. The lowest BCUT2D eigenvalue weighted by Gasteiger charge is -2.39. The molecule has 1 amide bonds. The van der Waals surface area contributed by atoms with Crippen LogP contribution in [0.3, 0.4) is 0 Å². The van der Waals surface area contributed by atoms with Crippen molar-refractivity contribution in [3.05, 3.63) is 86.6 Å². The lowest BCUT2D eigenvalue weighted by molar-refractivity contribution is -0.384. The molecule has 13 heteroatoms. The molecule has 2 aromatic carbocycles. The van der Waals surface area contributed by atoms with Gasteiger partial charge in [-0.1, -0.05) is 38.1 Å². The largest absolute Gasteiger partial charge is 0.491 e. The predicted molar refractivity (Wildman–Crippen MR) is 176 cm³/mol. The van der Waals surface area contributed by atoms with E-state index in [1.165, 1.54) is 24.3 Å². The third-order valence-electron chi connectivity index (χ3n) is 7.64. The summed E-state index contributed by atoms with van der Waals surface area (Å²) in [5, 5.41) is 37.8. The number of ether oxygens (including phenoxy) is 2. The molecule has 254 valence electrons. The number of nitrogens with zero attached hydrogens (tertiary/aromatic N) is 2. The molecule has 1 heterocycles. The van der Waals surface area contributed by atoms with Crippen LogP contribution in [0.15, 0.2) is 65.4 Å². The highest BCUT2D eigenvalue weighted by Gasteiger charge is 2.38. The Morgan fingerprint density at radius 3 is 2.45 bits per heavy atom. The number of allylic oxidation sites excluding steroid dienone is 1. The maximum Gasteiger partial charge on any atom is 0.338 e. The van der Waals surface area contributed by atoms with Crippen LogP contribution in [0.1, 0.15) is 52.2 Å². The quantitative estimate of drug-likeness (QED) is 0.0851. The molecule has 13 nitrogen and oxygen atoms in total. The van der Waals surface area contributed by atoms with Gasteiger partial charge >= 0.3 is 11.9 Å². The van der Waals surface area contributed by atoms with E-state index in [2.05, 4.69) is 10.6 Å². The van der Waals surface area contributed by atoms with Crippen molar-refractivity contribution >= 4 is 29.1 Å². The number of hydrogen-bond acceptors (Lipinski definition) is 10. The average Bonchev–Trinajstić information content (AvgIpc) is 3.02. The number of amides is 1. The smallest absolute Gasteiger partial charge is 0.338 e. The van der Waals surface area contributed by atoms with Crippen LogP contribution in [0.2, 0.25) is 0 Å². The third-order valence-corrected chi connectivity index (χ3v) is 7.64. The van der Waals surface area contributed by atoms with Crippen molar-refractivity contribution in [1.82, 2.24) is 15.5 Å². The molecule has 0 saturated carbocycles. The zero-order chi connectivity index (χ0) is 34.7. The average molecular weight is 653 g/mol. The van der Waals surface area contributed by atoms with Gasteiger partial charge in [-0.05, 0) is 50.5 Å². The highest BCUT2D eigenvalue weighted by atomic mass is 16.6. The number of aliphatic hydroxyl groups is 1.